The summed E-state index contributed by atoms with van der Waals surface area (Å²) in [6.45, 7) is 3.70. The molecule has 0 saturated heterocycles. The lowest BCUT2D eigenvalue weighted by atomic mass is 10.1. The van der Waals surface area contributed by atoms with Crippen molar-refractivity contribution in [3.8, 4) is 6.07 Å². The van der Waals surface area contributed by atoms with Crippen LogP contribution in [0.3, 0.4) is 0 Å². The SMILES string of the molecule is CC(C)(CCl)NC(=O)c1ccc(C#N)cc1. The van der Waals surface area contributed by atoms with Crippen molar-refractivity contribution in [1.82, 2.24) is 5.32 Å². The van der Waals surface area contributed by atoms with E-state index < -0.39 is 5.54 Å². The number of rotatable bonds is 3. The Labute approximate surface area is 100 Å². The van der Waals surface area contributed by atoms with Gasteiger partial charge >= 0.3 is 0 Å². The zero-order valence-electron chi connectivity index (χ0n) is 9.25. The van der Waals surface area contributed by atoms with Crippen LogP contribution in [0, 0.1) is 11.3 Å². The first kappa shape index (κ1) is 12.5. The summed E-state index contributed by atoms with van der Waals surface area (Å²) < 4.78 is 0. The summed E-state index contributed by atoms with van der Waals surface area (Å²) in [5.41, 5.74) is 0.623. The van der Waals surface area contributed by atoms with E-state index in [1.54, 1.807) is 24.3 Å². The van der Waals surface area contributed by atoms with Gasteiger partial charge in [0.15, 0.2) is 0 Å². The molecule has 0 saturated carbocycles. The highest BCUT2D eigenvalue weighted by Gasteiger charge is 2.19. The molecule has 0 radical (unpaired) electrons. The third-order valence-electron chi connectivity index (χ3n) is 2.06. The second-order valence-electron chi connectivity index (χ2n) is 4.16. The second kappa shape index (κ2) is 5.00. The number of amides is 1. The van der Waals surface area contributed by atoms with Crippen LogP contribution in [0.25, 0.3) is 0 Å². The van der Waals surface area contributed by atoms with Crippen LogP contribution in [0.4, 0.5) is 0 Å². The van der Waals surface area contributed by atoms with Gasteiger partial charge in [-0.2, -0.15) is 5.26 Å². The van der Waals surface area contributed by atoms with Gasteiger partial charge in [-0.3, -0.25) is 4.79 Å². The first-order valence-electron chi connectivity index (χ1n) is 4.87. The summed E-state index contributed by atoms with van der Waals surface area (Å²) in [6.07, 6.45) is 0. The Morgan fingerprint density at radius 2 is 2.00 bits per heavy atom. The molecule has 0 fully saturated rings. The number of benzene rings is 1. The van der Waals surface area contributed by atoms with Crippen molar-refractivity contribution in [1.29, 1.82) is 5.26 Å². The van der Waals surface area contributed by atoms with E-state index in [0.717, 1.165) is 0 Å². The van der Waals surface area contributed by atoms with Crippen LogP contribution in [0.1, 0.15) is 29.8 Å². The third kappa shape index (κ3) is 3.25. The van der Waals surface area contributed by atoms with Crippen LogP contribution in [-0.4, -0.2) is 17.3 Å². The Kier molecular flexibility index (Phi) is 3.92. The first-order valence-corrected chi connectivity index (χ1v) is 5.40. The van der Waals surface area contributed by atoms with Crippen molar-refractivity contribution in [2.75, 3.05) is 5.88 Å². The molecular formula is C12H13ClN2O. The van der Waals surface area contributed by atoms with Crippen LogP contribution in [0.15, 0.2) is 24.3 Å². The Morgan fingerprint density at radius 1 is 1.44 bits per heavy atom. The molecule has 0 unspecified atom stereocenters. The zero-order chi connectivity index (χ0) is 12.2. The quantitative estimate of drug-likeness (QED) is 0.819. The number of halogens is 1. The lowest BCUT2D eigenvalue weighted by Crippen LogP contribution is -2.44. The normalized spacial score (nSPS) is 10.6. The predicted octanol–water partition coefficient (Wildman–Crippen LogP) is 2.31. The van der Waals surface area contributed by atoms with E-state index in [-0.39, 0.29) is 5.91 Å². The monoisotopic (exact) mass is 236 g/mol. The Bertz CT molecular complexity index is 418. The molecule has 0 bridgehead atoms. The van der Waals surface area contributed by atoms with E-state index in [1.807, 2.05) is 19.9 Å². The van der Waals surface area contributed by atoms with E-state index in [4.69, 9.17) is 16.9 Å². The van der Waals surface area contributed by atoms with Gasteiger partial charge in [-0.25, -0.2) is 0 Å². The van der Waals surface area contributed by atoms with Gasteiger partial charge < -0.3 is 5.32 Å². The van der Waals surface area contributed by atoms with Crippen molar-refractivity contribution in [2.24, 2.45) is 0 Å². The van der Waals surface area contributed by atoms with E-state index >= 15 is 0 Å². The zero-order valence-corrected chi connectivity index (χ0v) is 10.0. The minimum Gasteiger partial charge on any atom is -0.346 e. The molecule has 0 aliphatic rings. The molecule has 84 valence electrons. The molecule has 0 heterocycles. The minimum atomic E-state index is -0.438. The number of carbonyl (C=O) groups excluding carboxylic acids is 1. The summed E-state index contributed by atoms with van der Waals surface area (Å²) in [5.74, 6) is 0.157. The van der Waals surface area contributed by atoms with Crippen molar-refractivity contribution in [3.05, 3.63) is 35.4 Å². The van der Waals surface area contributed by atoms with Crippen molar-refractivity contribution < 1.29 is 4.79 Å². The molecule has 1 amide bonds. The molecule has 1 N–H and O–H groups in total. The number of nitrogens with zero attached hydrogens (tertiary/aromatic N) is 1. The number of alkyl halides is 1. The maximum Gasteiger partial charge on any atom is 0.251 e. The molecule has 0 aromatic heterocycles. The number of hydrogen-bond acceptors (Lipinski definition) is 2. The number of nitrogens with one attached hydrogen (secondary N) is 1. The van der Waals surface area contributed by atoms with Crippen LogP contribution in [-0.2, 0) is 0 Å². The standard InChI is InChI=1S/C12H13ClN2O/c1-12(2,8-13)15-11(16)10-5-3-9(7-14)4-6-10/h3-6H,8H2,1-2H3,(H,15,16). The van der Waals surface area contributed by atoms with Gasteiger partial charge in [0.25, 0.3) is 5.91 Å². The van der Waals surface area contributed by atoms with Gasteiger partial charge in [0.2, 0.25) is 0 Å². The van der Waals surface area contributed by atoms with Gasteiger partial charge in [-0.15, -0.1) is 11.6 Å². The van der Waals surface area contributed by atoms with E-state index in [2.05, 4.69) is 5.32 Å². The number of hydrogen-bond donors (Lipinski definition) is 1. The van der Waals surface area contributed by atoms with Gasteiger partial charge in [0.05, 0.1) is 11.6 Å². The average Bonchev–Trinajstić information content (AvgIpc) is 2.28. The molecule has 1 rings (SSSR count). The average molecular weight is 237 g/mol. The third-order valence-corrected chi connectivity index (χ3v) is 2.73. The molecular weight excluding hydrogens is 224 g/mol. The molecule has 1 aromatic carbocycles. The number of nitriles is 1. The fourth-order valence-corrected chi connectivity index (χ4v) is 1.18. The Morgan fingerprint density at radius 3 is 2.44 bits per heavy atom. The van der Waals surface area contributed by atoms with E-state index in [0.29, 0.717) is 17.0 Å². The van der Waals surface area contributed by atoms with Gasteiger partial charge in [-0.1, -0.05) is 0 Å². The Balaban J connectivity index is 2.78. The molecule has 0 aliphatic carbocycles. The first-order chi connectivity index (χ1) is 7.48. The molecule has 4 heteroatoms. The summed E-state index contributed by atoms with van der Waals surface area (Å²) in [6, 6.07) is 8.47. The molecule has 0 aliphatic heterocycles. The topological polar surface area (TPSA) is 52.9 Å². The maximum atomic E-state index is 11.8. The predicted molar refractivity (Wildman–Crippen MR) is 63.4 cm³/mol. The Hall–Kier alpha value is -1.53. The molecule has 0 atom stereocenters. The highest BCUT2D eigenvalue weighted by Crippen LogP contribution is 2.08. The lowest BCUT2D eigenvalue weighted by molar-refractivity contribution is 0.0920. The summed E-state index contributed by atoms with van der Waals surface area (Å²) in [5, 5.41) is 11.4. The molecule has 3 nitrogen and oxygen atoms in total. The largest absolute Gasteiger partial charge is 0.346 e. The van der Waals surface area contributed by atoms with Gasteiger partial charge in [-0.05, 0) is 38.1 Å². The van der Waals surface area contributed by atoms with Crippen molar-refractivity contribution in [3.63, 3.8) is 0 Å². The lowest BCUT2D eigenvalue weighted by Gasteiger charge is -2.23. The summed E-state index contributed by atoms with van der Waals surface area (Å²) in [4.78, 5) is 11.8. The van der Waals surface area contributed by atoms with Crippen LogP contribution >= 0.6 is 11.6 Å². The molecule has 16 heavy (non-hydrogen) atoms. The van der Waals surface area contributed by atoms with Crippen molar-refractivity contribution >= 4 is 17.5 Å². The smallest absolute Gasteiger partial charge is 0.251 e. The minimum absolute atomic E-state index is 0.185. The molecule has 1 aromatic rings. The summed E-state index contributed by atoms with van der Waals surface area (Å²) >= 11 is 5.71. The van der Waals surface area contributed by atoms with E-state index in [1.165, 1.54) is 0 Å². The van der Waals surface area contributed by atoms with Crippen molar-refractivity contribution in [2.45, 2.75) is 19.4 Å². The van der Waals surface area contributed by atoms with E-state index in [9.17, 15) is 4.79 Å². The number of carbonyl (C=O) groups is 1. The fraction of sp³-hybridized carbons (Fsp3) is 0.333. The highest BCUT2D eigenvalue weighted by atomic mass is 35.5. The summed E-state index contributed by atoms with van der Waals surface area (Å²) in [7, 11) is 0. The van der Waals surface area contributed by atoms with Crippen LogP contribution < -0.4 is 5.32 Å². The van der Waals surface area contributed by atoms with Gasteiger partial charge in [0, 0.05) is 17.0 Å². The fourth-order valence-electron chi connectivity index (χ4n) is 1.11. The maximum absolute atomic E-state index is 11.8. The van der Waals surface area contributed by atoms with Gasteiger partial charge in [0.1, 0.15) is 0 Å². The second-order valence-corrected chi connectivity index (χ2v) is 4.43. The van der Waals surface area contributed by atoms with Crippen LogP contribution in [0.5, 0.6) is 0 Å². The highest BCUT2D eigenvalue weighted by molar-refractivity contribution is 6.18. The molecule has 0 spiro atoms. The van der Waals surface area contributed by atoms with Crippen LogP contribution in [0.2, 0.25) is 0 Å².